The topological polar surface area (TPSA) is 32.8 Å². The van der Waals surface area contributed by atoms with Crippen LogP contribution < -0.4 is 9.64 Å². The van der Waals surface area contributed by atoms with Crippen molar-refractivity contribution >= 4 is 28.9 Å². The second-order valence-electron chi connectivity index (χ2n) is 7.10. The molecule has 1 atom stereocenters. The monoisotopic (exact) mass is 420 g/mol. The van der Waals surface area contributed by atoms with Crippen molar-refractivity contribution in [2.24, 2.45) is 0 Å². The van der Waals surface area contributed by atoms with E-state index in [1.807, 2.05) is 59.5 Å². The summed E-state index contributed by atoms with van der Waals surface area (Å²) >= 11 is 5.77. The van der Waals surface area contributed by atoms with Crippen LogP contribution in [0.2, 0.25) is 0 Å². The lowest BCUT2D eigenvalue weighted by Gasteiger charge is -2.43. The maximum Gasteiger partial charge on any atom is 0.235 e. The van der Waals surface area contributed by atoms with E-state index in [0.29, 0.717) is 17.3 Å². The molecule has 1 aliphatic heterocycles. The number of methoxy groups -OCH3 is 1. The summed E-state index contributed by atoms with van der Waals surface area (Å²) in [6.45, 7) is 0.495. The lowest BCUT2D eigenvalue weighted by molar-refractivity contribution is -0.119. The van der Waals surface area contributed by atoms with Crippen molar-refractivity contribution in [3.05, 3.63) is 95.8 Å². The smallest absolute Gasteiger partial charge is 0.235 e. The Morgan fingerprint density at radius 3 is 2.53 bits per heavy atom. The van der Waals surface area contributed by atoms with Gasteiger partial charge in [0.05, 0.1) is 25.3 Å². The minimum absolute atomic E-state index is 0.152. The molecule has 0 N–H and O–H groups in total. The summed E-state index contributed by atoms with van der Waals surface area (Å²) in [5.41, 5.74) is 2.45. The van der Waals surface area contributed by atoms with Gasteiger partial charge < -0.3 is 9.64 Å². The summed E-state index contributed by atoms with van der Waals surface area (Å²) in [7, 11) is 1.63. The van der Waals surface area contributed by atoms with Crippen LogP contribution in [0.15, 0.2) is 78.9 Å². The van der Waals surface area contributed by atoms with Crippen molar-refractivity contribution in [2.75, 3.05) is 12.0 Å². The van der Waals surface area contributed by atoms with E-state index in [0.717, 1.165) is 16.9 Å². The summed E-state index contributed by atoms with van der Waals surface area (Å²) in [4.78, 5) is 16.5. The van der Waals surface area contributed by atoms with Crippen LogP contribution in [0.1, 0.15) is 23.6 Å². The van der Waals surface area contributed by atoms with Crippen molar-refractivity contribution in [3.8, 4) is 5.75 Å². The fourth-order valence-electron chi connectivity index (χ4n) is 3.72. The number of benzene rings is 3. The van der Waals surface area contributed by atoms with Crippen molar-refractivity contribution < 1.29 is 13.9 Å². The number of amides is 1. The zero-order chi connectivity index (χ0) is 21.1. The molecule has 3 aromatic carbocycles. The number of rotatable bonds is 5. The van der Waals surface area contributed by atoms with Gasteiger partial charge in [0, 0.05) is 6.54 Å². The van der Waals surface area contributed by atoms with Crippen LogP contribution in [0.4, 0.5) is 10.1 Å². The zero-order valence-electron chi connectivity index (χ0n) is 16.5. The third-order valence-corrected chi connectivity index (χ3v) is 5.59. The van der Waals surface area contributed by atoms with E-state index in [-0.39, 0.29) is 18.4 Å². The number of ether oxygens (including phenoxy) is 1. The number of hydrogen-bond acceptors (Lipinski definition) is 3. The lowest BCUT2D eigenvalue weighted by atomic mass is 9.98. The van der Waals surface area contributed by atoms with Crippen molar-refractivity contribution in [1.82, 2.24) is 4.90 Å². The highest BCUT2D eigenvalue weighted by atomic mass is 32.1. The average Bonchev–Trinajstić information content (AvgIpc) is 2.76. The van der Waals surface area contributed by atoms with Gasteiger partial charge in [0.25, 0.3) is 0 Å². The molecule has 4 nitrogen and oxygen atoms in total. The van der Waals surface area contributed by atoms with Crippen LogP contribution in [0.3, 0.4) is 0 Å². The van der Waals surface area contributed by atoms with Crippen LogP contribution in [0, 0.1) is 5.82 Å². The molecule has 1 saturated heterocycles. The van der Waals surface area contributed by atoms with Crippen LogP contribution in [0.5, 0.6) is 5.75 Å². The number of anilines is 1. The molecule has 0 spiro atoms. The van der Waals surface area contributed by atoms with Crippen LogP contribution in [-0.2, 0) is 11.3 Å². The molecular weight excluding hydrogens is 399 g/mol. The fourth-order valence-corrected chi connectivity index (χ4v) is 4.12. The van der Waals surface area contributed by atoms with Gasteiger partial charge in [-0.3, -0.25) is 9.69 Å². The van der Waals surface area contributed by atoms with E-state index in [4.69, 9.17) is 17.0 Å². The van der Waals surface area contributed by atoms with Gasteiger partial charge in [-0.05, 0) is 53.7 Å². The van der Waals surface area contributed by atoms with Crippen molar-refractivity contribution in [1.29, 1.82) is 0 Å². The Morgan fingerprint density at radius 2 is 1.80 bits per heavy atom. The molecule has 1 unspecified atom stereocenters. The predicted octanol–water partition coefficient (Wildman–Crippen LogP) is 5.10. The second-order valence-corrected chi connectivity index (χ2v) is 7.47. The Morgan fingerprint density at radius 1 is 1.03 bits per heavy atom. The number of thiocarbonyl (C=S) groups is 1. The van der Waals surface area contributed by atoms with Gasteiger partial charge in [-0.15, -0.1) is 0 Å². The summed E-state index contributed by atoms with van der Waals surface area (Å²) in [5.74, 6) is 0.193. The van der Waals surface area contributed by atoms with Crippen LogP contribution in [0.25, 0.3) is 0 Å². The molecule has 1 heterocycles. The van der Waals surface area contributed by atoms with E-state index in [1.165, 1.54) is 17.0 Å². The summed E-state index contributed by atoms with van der Waals surface area (Å²) in [6.07, 6.45) is 0.241. The molecule has 0 aromatic heterocycles. The molecule has 0 radical (unpaired) electrons. The van der Waals surface area contributed by atoms with Gasteiger partial charge >= 0.3 is 0 Å². The molecule has 1 amide bonds. The first kappa shape index (κ1) is 20.0. The van der Waals surface area contributed by atoms with Gasteiger partial charge in [0.2, 0.25) is 5.91 Å². The van der Waals surface area contributed by atoms with Gasteiger partial charge in [0.1, 0.15) is 11.6 Å². The lowest BCUT2D eigenvalue weighted by Crippen LogP contribution is -2.53. The molecule has 4 rings (SSSR count). The molecular formula is C24H21FN2O2S. The van der Waals surface area contributed by atoms with E-state index in [2.05, 4.69) is 0 Å². The molecule has 1 aliphatic rings. The number of hydrogen-bond donors (Lipinski definition) is 0. The number of carbonyl (C=O) groups is 1. The van der Waals surface area contributed by atoms with E-state index >= 15 is 0 Å². The largest absolute Gasteiger partial charge is 0.497 e. The Kier molecular flexibility index (Phi) is 5.77. The number of halogens is 1. The Hall–Kier alpha value is -3.25. The summed E-state index contributed by atoms with van der Waals surface area (Å²) in [6, 6.07) is 23.3. The van der Waals surface area contributed by atoms with E-state index in [1.54, 1.807) is 19.2 Å². The molecule has 6 heteroatoms. The van der Waals surface area contributed by atoms with Crippen molar-refractivity contribution in [3.63, 3.8) is 0 Å². The highest BCUT2D eigenvalue weighted by Crippen LogP contribution is 2.35. The summed E-state index contributed by atoms with van der Waals surface area (Å²) < 4.78 is 19.2. The van der Waals surface area contributed by atoms with Gasteiger partial charge in [-0.25, -0.2) is 4.39 Å². The average molecular weight is 421 g/mol. The predicted molar refractivity (Wildman–Crippen MR) is 119 cm³/mol. The van der Waals surface area contributed by atoms with Crippen LogP contribution in [-0.4, -0.2) is 23.0 Å². The first-order valence-corrected chi connectivity index (χ1v) is 10.0. The third-order valence-electron chi connectivity index (χ3n) is 5.17. The fraction of sp³-hybridized carbons (Fsp3) is 0.167. The molecule has 0 saturated carbocycles. The molecule has 3 aromatic rings. The second kappa shape index (κ2) is 8.63. The molecule has 0 aliphatic carbocycles. The highest BCUT2D eigenvalue weighted by Gasteiger charge is 2.37. The van der Waals surface area contributed by atoms with Crippen LogP contribution >= 0.6 is 12.2 Å². The van der Waals surface area contributed by atoms with E-state index < -0.39 is 5.82 Å². The van der Waals surface area contributed by atoms with Gasteiger partial charge in [0.15, 0.2) is 5.11 Å². The number of nitrogens with zero attached hydrogens (tertiary/aromatic N) is 2. The Bertz CT molecular complexity index is 1070. The molecule has 0 bridgehead atoms. The molecule has 30 heavy (non-hydrogen) atoms. The quantitative estimate of drug-likeness (QED) is 0.538. The number of carbonyl (C=O) groups excluding carboxylic acids is 1. The van der Waals surface area contributed by atoms with E-state index in [9.17, 15) is 9.18 Å². The van der Waals surface area contributed by atoms with Crippen molar-refractivity contribution in [2.45, 2.75) is 19.0 Å². The Balaban J connectivity index is 1.73. The Labute approximate surface area is 180 Å². The maximum absolute atomic E-state index is 13.8. The normalized spacial score (nSPS) is 16.7. The zero-order valence-corrected chi connectivity index (χ0v) is 17.3. The molecule has 1 fully saturated rings. The first-order valence-electron chi connectivity index (χ1n) is 9.64. The van der Waals surface area contributed by atoms with Gasteiger partial charge in [-0.2, -0.15) is 0 Å². The highest BCUT2D eigenvalue weighted by molar-refractivity contribution is 7.80. The van der Waals surface area contributed by atoms with Gasteiger partial charge in [-0.1, -0.05) is 48.5 Å². The third kappa shape index (κ3) is 4.04. The minimum Gasteiger partial charge on any atom is -0.497 e. The standard InChI is InChI=1S/C24H21FN2O2S/c1-29-21-12-5-7-17(13-21)16-26-22(18-8-3-2-4-9-18)15-23(28)27(24(26)30)20-11-6-10-19(25)14-20/h2-14,22H,15-16H2,1H3. The maximum atomic E-state index is 13.8. The minimum atomic E-state index is -0.410. The summed E-state index contributed by atoms with van der Waals surface area (Å²) in [5, 5.41) is 0.355. The first-order chi connectivity index (χ1) is 14.6. The molecule has 152 valence electrons. The SMILES string of the molecule is COc1cccc(CN2C(=S)N(c3cccc(F)c3)C(=O)CC2c2ccccc2)c1.